The zero-order valence-electron chi connectivity index (χ0n) is 33.4. The Morgan fingerprint density at radius 3 is 1.64 bits per heavy atom. The first kappa shape index (κ1) is 35.0. The third-order valence-corrected chi connectivity index (χ3v) is 12.7. The van der Waals surface area contributed by atoms with Crippen LogP contribution in [0, 0.1) is 0 Å². The Balaban J connectivity index is 1.07. The van der Waals surface area contributed by atoms with Gasteiger partial charge in [0.25, 0.3) is 0 Å². The normalized spacial score (nSPS) is 12.9. The van der Waals surface area contributed by atoms with E-state index >= 15 is 0 Å². The lowest BCUT2D eigenvalue weighted by Crippen LogP contribution is -2.28. The molecule has 10 aromatic rings. The number of rotatable bonds is 7. The first-order valence-corrected chi connectivity index (χ1v) is 21.0. The fraction of sp³-hybridized carbons (Fsp3) is 0.0169. The summed E-state index contributed by atoms with van der Waals surface area (Å²) in [5.74, 6) is 1.79. The zero-order chi connectivity index (χ0) is 40.3. The number of fused-ring (bicyclic) bond motifs is 5. The van der Waals surface area contributed by atoms with Gasteiger partial charge in [-0.3, -0.25) is 0 Å². The number of para-hydroxylation sites is 1. The third kappa shape index (κ3) is 5.50. The summed E-state index contributed by atoms with van der Waals surface area (Å²) >= 11 is 0. The van der Waals surface area contributed by atoms with Crippen molar-refractivity contribution in [3.8, 4) is 56.0 Å². The molecule has 0 radical (unpaired) electrons. The minimum Gasteiger partial charge on any atom is -0.456 e. The topological polar surface area (TPSA) is 12.5 Å². The van der Waals surface area contributed by atoms with E-state index in [9.17, 15) is 0 Å². The Bertz CT molecular complexity index is 3220. The molecule has 61 heavy (non-hydrogen) atoms. The highest BCUT2D eigenvalue weighted by molar-refractivity contribution is 6.10. The van der Waals surface area contributed by atoms with Gasteiger partial charge in [0.05, 0.1) is 5.41 Å². The Morgan fingerprint density at radius 1 is 0.311 bits per heavy atom. The quantitative estimate of drug-likeness (QED) is 0.160. The minimum absolute atomic E-state index is 0.515. The van der Waals surface area contributed by atoms with E-state index in [1.165, 1.54) is 61.0 Å². The number of anilines is 3. The zero-order valence-corrected chi connectivity index (χ0v) is 33.4. The van der Waals surface area contributed by atoms with Crippen molar-refractivity contribution in [3.05, 3.63) is 259 Å². The van der Waals surface area contributed by atoms with Crippen molar-refractivity contribution >= 4 is 27.8 Å². The molecule has 2 nitrogen and oxygen atoms in total. The van der Waals surface area contributed by atoms with Crippen molar-refractivity contribution in [2.24, 2.45) is 0 Å². The molecule has 0 saturated carbocycles. The molecule has 12 rings (SSSR count). The van der Waals surface area contributed by atoms with E-state index in [2.05, 4.69) is 235 Å². The van der Waals surface area contributed by atoms with E-state index in [4.69, 9.17) is 4.74 Å². The van der Waals surface area contributed by atoms with Crippen LogP contribution in [0.3, 0.4) is 0 Å². The highest BCUT2D eigenvalue weighted by Crippen LogP contribution is 2.57. The van der Waals surface area contributed by atoms with Gasteiger partial charge in [-0.25, -0.2) is 0 Å². The molecule has 2 heteroatoms. The number of hydrogen-bond acceptors (Lipinski definition) is 2. The molecule has 0 N–H and O–H groups in total. The fourth-order valence-corrected chi connectivity index (χ4v) is 10.1. The summed E-state index contributed by atoms with van der Waals surface area (Å²) in [7, 11) is 0. The average Bonchev–Trinajstić information content (AvgIpc) is 3.63. The van der Waals surface area contributed by atoms with E-state index in [0.29, 0.717) is 0 Å². The predicted octanol–water partition coefficient (Wildman–Crippen LogP) is 15.8. The van der Waals surface area contributed by atoms with Crippen LogP contribution >= 0.6 is 0 Å². The first-order chi connectivity index (χ1) is 30.3. The molecule has 1 aliphatic carbocycles. The second-order valence-corrected chi connectivity index (χ2v) is 16.0. The summed E-state index contributed by atoms with van der Waals surface area (Å²) in [4.78, 5) is 2.42. The van der Waals surface area contributed by atoms with E-state index in [1.807, 2.05) is 6.07 Å². The van der Waals surface area contributed by atoms with Crippen molar-refractivity contribution in [2.45, 2.75) is 5.41 Å². The van der Waals surface area contributed by atoms with Gasteiger partial charge in [0.1, 0.15) is 11.5 Å². The maximum atomic E-state index is 6.49. The molecular formula is C59H39NO. The van der Waals surface area contributed by atoms with Crippen LogP contribution in [0.15, 0.2) is 237 Å². The maximum absolute atomic E-state index is 6.49. The maximum Gasteiger partial charge on any atom is 0.135 e. The summed E-state index contributed by atoms with van der Waals surface area (Å²) in [6, 6.07) is 86.0. The number of hydrogen-bond donors (Lipinski definition) is 0. The van der Waals surface area contributed by atoms with E-state index in [-0.39, 0.29) is 0 Å². The van der Waals surface area contributed by atoms with Gasteiger partial charge in [0, 0.05) is 28.0 Å². The van der Waals surface area contributed by atoms with Gasteiger partial charge in [0.15, 0.2) is 0 Å². The van der Waals surface area contributed by atoms with Crippen molar-refractivity contribution in [3.63, 3.8) is 0 Å². The monoisotopic (exact) mass is 777 g/mol. The molecule has 0 spiro atoms. The molecule has 0 atom stereocenters. The van der Waals surface area contributed by atoms with Gasteiger partial charge in [-0.15, -0.1) is 0 Å². The molecule has 286 valence electrons. The highest BCUT2D eigenvalue weighted by atomic mass is 16.5. The number of ether oxygens (including phenoxy) is 1. The molecule has 0 bridgehead atoms. The van der Waals surface area contributed by atoms with Crippen LogP contribution < -0.4 is 9.64 Å². The molecule has 0 aromatic heterocycles. The second-order valence-electron chi connectivity index (χ2n) is 16.0. The van der Waals surface area contributed by atoms with E-state index in [0.717, 1.165) is 45.1 Å². The highest BCUT2D eigenvalue weighted by Gasteiger charge is 2.46. The molecule has 1 aliphatic heterocycles. The molecule has 0 saturated heterocycles. The van der Waals surface area contributed by atoms with Crippen molar-refractivity contribution in [1.82, 2.24) is 0 Å². The van der Waals surface area contributed by atoms with Crippen LogP contribution in [-0.2, 0) is 5.41 Å². The molecule has 0 fully saturated rings. The molecule has 0 unspecified atom stereocenters. The SMILES string of the molecule is c1ccc(-c2ccc(N(c3cccc(-c4ccc5c6c(cccc46)-c4ccccc4O5)c3)c3ccc4c(c3)C(c3ccccc3)(c3ccccc3)c3ccccc3-4)cc2)cc1. The number of nitrogens with zero attached hydrogens (tertiary/aromatic N) is 1. The van der Waals surface area contributed by atoms with Crippen LogP contribution in [0.1, 0.15) is 22.3 Å². The lowest BCUT2D eigenvalue weighted by Gasteiger charge is -2.35. The van der Waals surface area contributed by atoms with Crippen LogP contribution in [0.25, 0.3) is 55.3 Å². The van der Waals surface area contributed by atoms with Crippen molar-refractivity contribution in [1.29, 1.82) is 0 Å². The van der Waals surface area contributed by atoms with E-state index < -0.39 is 5.41 Å². The number of benzene rings is 10. The van der Waals surface area contributed by atoms with Gasteiger partial charge in [-0.2, -0.15) is 0 Å². The van der Waals surface area contributed by atoms with Crippen molar-refractivity contribution < 1.29 is 4.74 Å². The molecule has 1 heterocycles. The third-order valence-electron chi connectivity index (χ3n) is 12.7. The Hall–Kier alpha value is -7.94. The summed E-state index contributed by atoms with van der Waals surface area (Å²) in [6.07, 6.45) is 0. The van der Waals surface area contributed by atoms with Gasteiger partial charge in [-0.1, -0.05) is 188 Å². The molecule has 2 aliphatic rings. The fourth-order valence-electron chi connectivity index (χ4n) is 10.1. The van der Waals surface area contributed by atoms with Crippen molar-refractivity contribution in [2.75, 3.05) is 4.90 Å². The summed E-state index contributed by atoms with van der Waals surface area (Å²) < 4.78 is 6.49. The van der Waals surface area contributed by atoms with Crippen LogP contribution in [-0.4, -0.2) is 0 Å². The predicted molar refractivity (Wildman–Crippen MR) is 252 cm³/mol. The summed E-state index contributed by atoms with van der Waals surface area (Å²) in [5, 5.41) is 2.32. The average molecular weight is 778 g/mol. The Kier molecular flexibility index (Phi) is 8.11. The van der Waals surface area contributed by atoms with Gasteiger partial charge in [-0.05, 0) is 115 Å². The molecule has 0 amide bonds. The van der Waals surface area contributed by atoms with Gasteiger partial charge in [0.2, 0.25) is 0 Å². The first-order valence-electron chi connectivity index (χ1n) is 21.0. The lowest BCUT2D eigenvalue weighted by atomic mass is 9.67. The molecule has 10 aromatic carbocycles. The van der Waals surface area contributed by atoms with Gasteiger partial charge >= 0.3 is 0 Å². The summed E-state index contributed by atoms with van der Waals surface area (Å²) in [5.41, 5.74) is 17.3. The standard InChI is InChI=1S/C59H39NO/c1-4-16-40(17-5-1)41-30-32-45(33-31-41)60(46-23-14-18-42(38-46)48-36-37-57-58-52(48)26-15-27-53(58)51-25-11-13-29-56(51)61-57)47-34-35-50-49-24-10-12-28-54(49)59(55(50)39-47,43-19-6-2-7-20-43)44-21-8-3-9-22-44/h1-39H. The lowest BCUT2D eigenvalue weighted by molar-refractivity contribution is 0.487. The van der Waals surface area contributed by atoms with Gasteiger partial charge < -0.3 is 9.64 Å². The summed E-state index contributed by atoms with van der Waals surface area (Å²) in [6.45, 7) is 0. The van der Waals surface area contributed by atoms with E-state index in [1.54, 1.807) is 0 Å². The van der Waals surface area contributed by atoms with Crippen LogP contribution in [0.2, 0.25) is 0 Å². The molecular weight excluding hydrogens is 739 g/mol. The Labute approximate surface area is 356 Å². The van der Waals surface area contributed by atoms with Crippen LogP contribution in [0.5, 0.6) is 11.5 Å². The van der Waals surface area contributed by atoms with Crippen LogP contribution in [0.4, 0.5) is 17.1 Å². The Morgan fingerprint density at radius 2 is 0.869 bits per heavy atom. The smallest absolute Gasteiger partial charge is 0.135 e. The second kappa shape index (κ2) is 14.1. The minimum atomic E-state index is -0.515. The largest absolute Gasteiger partial charge is 0.456 e.